The Morgan fingerprint density at radius 1 is 0.321 bits per heavy atom. The molecule has 0 aliphatic carbocycles. The summed E-state index contributed by atoms with van der Waals surface area (Å²) in [5.41, 5.74) is 0.202. The lowest BCUT2D eigenvalue weighted by molar-refractivity contribution is -0.219. The molecule has 81 heavy (non-hydrogen) atoms. The molecule has 8 aromatic rings. The second-order valence-corrected chi connectivity index (χ2v) is 18.3. The predicted molar refractivity (Wildman–Crippen MR) is 304 cm³/mol. The molecule has 12 heteroatoms. The van der Waals surface area contributed by atoms with Crippen LogP contribution in [0, 0.1) is 50.7 Å². The SMILES string of the molecule is CC(COC(=O)C(C#N)=C(c1ccccc1)c1ccccc1)(COC(=O)C(C#N)=C(c1ccccc1)c1ccccc1)C(OC(=O)C(C#N)=C(c1ccccc1)c1ccccc1)OC(=O)C(C#N)=C(c1ccccc1)c1ccccc1. The Morgan fingerprint density at radius 3 is 0.667 bits per heavy atom. The summed E-state index contributed by atoms with van der Waals surface area (Å²) in [6, 6.07) is 76.8. The van der Waals surface area contributed by atoms with E-state index in [0.29, 0.717) is 44.5 Å². The minimum atomic E-state index is -2.31. The molecule has 0 aromatic heterocycles. The molecule has 0 spiro atoms. The van der Waals surface area contributed by atoms with Crippen molar-refractivity contribution in [3.8, 4) is 24.3 Å². The average molecular weight is 1060 g/mol. The molecule has 0 radical (unpaired) electrons. The molecule has 0 saturated heterocycles. The Bertz CT molecular complexity index is 3440. The molecule has 0 N–H and O–H groups in total. The monoisotopic (exact) mass is 1060 g/mol. The van der Waals surface area contributed by atoms with Gasteiger partial charge >= 0.3 is 23.9 Å². The normalized spacial score (nSPS) is 10.4. The van der Waals surface area contributed by atoms with Crippen LogP contribution in [0.25, 0.3) is 22.3 Å². The van der Waals surface area contributed by atoms with Gasteiger partial charge in [0.15, 0.2) is 0 Å². The Labute approximate surface area is 468 Å². The summed E-state index contributed by atoms with van der Waals surface area (Å²) >= 11 is 0. The van der Waals surface area contributed by atoms with Crippen molar-refractivity contribution >= 4 is 46.2 Å². The van der Waals surface area contributed by atoms with Crippen molar-refractivity contribution in [3.63, 3.8) is 0 Å². The molecule has 0 bridgehead atoms. The predicted octanol–water partition coefficient (Wildman–Crippen LogP) is 12.6. The molecule has 0 aliphatic rings. The van der Waals surface area contributed by atoms with Gasteiger partial charge in [0.2, 0.25) is 0 Å². The van der Waals surface area contributed by atoms with E-state index in [1.807, 2.05) is 24.3 Å². The van der Waals surface area contributed by atoms with Gasteiger partial charge in [0.1, 0.15) is 65.2 Å². The van der Waals surface area contributed by atoms with Crippen LogP contribution in [0.5, 0.6) is 0 Å². The van der Waals surface area contributed by atoms with Crippen LogP contribution in [0.3, 0.4) is 0 Å². The number of rotatable bonds is 19. The number of hydrogen-bond donors (Lipinski definition) is 0. The number of nitriles is 4. The molecule has 12 nitrogen and oxygen atoms in total. The van der Waals surface area contributed by atoms with Crippen molar-refractivity contribution in [2.75, 3.05) is 13.2 Å². The third-order valence-electron chi connectivity index (χ3n) is 12.8. The lowest BCUT2D eigenvalue weighted by atomic mass is 9.90. The van der Waals surface area contributed by atoms with E-state index < -0.39 is 71.1 Å². The van der Waals surface area contributed by atoms with Crippen LogP contribution in [0.2, 0.25) is 0 Å². The van der Waals surface area contributed by atoms with Crippen molar-refractivity contribution in [1.82, 2.24) is 0 Å². The summed E-state index contributed by atoms with van der Waals surface area (Å²) < 4.78 is 24.6. The minimum absolute atomic E-state index is 0.137. The highest BCUT2D eigenvalue weighted by Crippen LogP contribution is 2.36. The molecule has 0 unspecified atom stereocenters. The number of ether oxygens (including phenoxy) is 4. The molecule has 0 saturated carbocycles. The molecular formula is C69H48N4O8. The second-order valence-electron chi connectivity index (χ2n) is 18.3. The number of nitrogens with zero attached hydrogens (tertiary/aromatic N) is 4. The van der Waals surface area contributed by atoms with E-state index in [9.17, 15) is 30.6 Å². The van der Waals surface area contributed by atoms with E-state index in [1.165, 1.54) is 6.92 Å². The third kappa shape index (κ3) is 13.4. The fourth-order valence-electron chi connectivity index (χ4n) is 8.88. The third-order valence-corrected chi connectivity index (χ3v) is 12.8. The standard InChI is InChI=1S/C69H48N4O8/c1-69(46-78-64(74)56(42-70)60(48-26-10-2-11-27-48)49-28-12-3-13-29-49,47-79-65(75)57(43-71)61(50-30-14-4-15-31-50)51-32-16-5-17-33-51)68(80-66(76)58(44-72)62(52-34-18-6-19-35-52)53-36-20-7-21-37-53)81-67(77)59(45-73)63(54-38-22-8-23-39-54)55-40-24-9-25-41-55/h2-41,68H,46-47H2,1H3. The van der Waals surface area contributed by atoms with Gasteiger partial charge in [-0.25, -0.2) is 19.2 Å². The first-order valence-corrected chi connectivity index (χ1v) is 25.4. The van der Waals surface area contributed by atoms with Crippen molar-refractivity contribution in [1.29, 1.82) is 21.0 Å². The Hall–Kier alpha value is -11.4. The van der Waals surface area contributed by atoms with Gasteiger partial charge in [-0.1, -0.05) is 243 Å². The van der Waals surface area contributed by atoms with Crippen molar-refractivity contribution < 1.29 is 38.1 Å². The summed E-state index contributed by atoms with van der Waals surface area (Å²) in [7, 11) is 0. The van der Waals surface area contributed by atoms with Crippen LogP contribution < -0.4 is 0 Å². The molecule has 0 amide bonds. The Kier molecular flexibility index (Phi) is 18.6. The molecular weight excluding hydrogens is 1010 g/mol. The molecule has 0 atom stereocenters. The Balaban J connectivity index is 1.32. The summed E-state index contributed by atoms with van der Waals surface area (Å²) in [5, 5.41) is 43.5. The van der Waals surface area contributed by atoms with Gasteiger partial charge in [0.25, 0.3) is 6.29 Å². The molecule has 8 rings (SSSR count). The van der Waals surface area contributed by atoms with Crippen molar-refractivity contribution in [3.05, 3.63) is 309 Å². The molecule has 0 heterocycles. The van der Waals surface area contributed by atoms with Gasteiger partial charge in [0.05, 0.1) is 0 Å². The number of hydrogen-bond acceptors (Lipinski definition) is 12. The molecule has 0 fully saturated rings. The maximum Gasteiger partial charge on any atom is 0.352 e. The smallest absolute Gasteiger partial charge is 0.352 e. The van der Waals surface area contributed by atoms with Crippen LogP contribution in [-0.4, -0.2) is 43.4 Å². The first-order chi connectivity index (χ1) is 39.6. The lowest BCUT2D eigenvalue weighted by Gasteiger charge is -2.35. The van der Waals surface area contributed by atoms with E-state index in [-0.39, 0.29) is 22.3 Å². The van der Waals surface area contributed by atoms with Crippen LogP contribution in [0.15, 0.2) is 265 Å². The van der Waals surface area contributed by atoms with Gasteiger partial charge < -0.3 is 18.9 Å². The number of benzene rings is 8. The fourth-order valence-corrected chi connectivity index (χ4v) is 8.88. The lowest BCUT2D eigenvalue weighted by Crippen LogP contribution is -2.47. The highest BCUT2D eigenvalue weighted by Gasteiger charge is 2.46. The summed E-state index contributed by atoms with van der Waals surface area (Å²) in [6.45, 7) is -0.563. The van der Waals surface area contributed by atoms with Crippen LogP contribution in [0.4, 0.5) is 0 Å². The topological polar surface area (TPSA) is 200 Å². The van der Waals surface area contributed by atoms with Crippen molar-refractivity contribution in [2.45, 2.75) is 13.2 Å². The zero-order valence-electron chi connectivity index (χ0n) is 43.6. The quantitative estimate of drug-likeness (QED) is 0.0244. The zero-order valence-corrected chi connectivity index (χ0v) is 43.6. The van der Waals surface area contributed by atoms with Gasteiger partial charge in [-0.05, 0) is 51.4 Å². The number of esters is 4. The van der Waals surface area contributed by atoms with Gasteiger partial charge in [-0.3, -0.25) is 0 Å². The summed E-state index contributed by atoms with van der Waals surface area (Å²) in [5.74, 6) is -5.03. The van der Waals surface area contributed by atoms with Gasteiger partial charge in [-0.2, -0.15) is 21.0 Å². The zero-order chi connectivity index (χ0) is 57.0. The maximum atomic E-state index is 15.1. The maximum absolute atomic E-state index is 15.1. The van der Waals surface area contributed by atoms with E-state index in [1.54, 1.807) is 243 Å². The van der Waals surface area contributed by atoms with E-state index >= 15 is 9.59 Å². The van der Waals surface area contributed by atoms with E-state index in [2.05, 4.69) is 0 Å². The van der Waals surface area contributed by atoms with E-state index in [0.717, 1.165) is 0 Å². The fraction of sp³-hybridized carbons (Fsp3) is 0.0725. The minimum Gasteiger partial charge on any atom is -0.461 e. The molecule has 392 valence electrons. The van der Waals surface area contributed by atoms with Crippen LogP contribution in [0.1, 0.15) is 51.4 Å². The first-order valence-electron chi connectivity index (χ1n) is 25.4. The molecule has 0 aliphatic heterocycles. The number of carbonyl (C=O) groups excluding carboxylic acids is 4. The summed E-state index contributed by atoms with van der Waals surface area (Å²) in [4.78, 5) is 59.7. The van der Waals surface area contributed by atoms with Gasteiger partial charge in [-0.15, -0.1) is 0 Å². The van der Waals surface area contributed by atoms with Crippen molar-refractivity contribution in [2.24, 2.45) is 5.41 Å². The second kappa shape index (κ2) is 27.0. The van der Waals surface area contributed by atoms with Gasteiger partial charge in [0, 0.05) is 22.3 Å². The highest BCUT2D eigenvalue weighted by atomic mass is 16.7. The molecule has 8 aromatic carbocycles. The average Bonchev–Trinajstić information content (AvgIpc) is 3.55. The van der Waals surface area contributed by atoms with E-state index in [4.69, 9.17) is 18.9 Å². The van der Waals surface area contributed by atoms with Crippen LogP contribution >= 0.6 is 0 Å². The highest BCUT2D eigenvalue weighted by molar-refractivity contribution is 6.08. The van der Waals surface area contributed by atoms with Crippen LogP contribution in [-0.2, 0) is 38.1 Å². The largest absolute Gasteiger partial charge is 0.461 e. The Morgan fingerprint density at radius 2 is 0.494 bits per heavy atom. The number of carbonyl (C=O) groups is 4. The first kappa shape index (κ1) is 55.8. The summed E-state index contributed by atoms with van der Waals surface area (Å²) in [6.07, 6.45) is -2.31.